The number of para-hydroxylation sites is 1. The third kappa shape index (κ3) is 2.35. The number of hydrogen-bond donors (Lipinski definition) is 0. The van der Waals surface area contributed by atoms with Crippen LogP contribution >= 0.6 is 0 Å². The zero-order chi connectivity index (χ0) is 13.2. The van der Waals surface area contributed by atoms with Crippen molar-refractivity contribution in [3.8, 4) is 0 Å². The summed E-state index contributed by atoms with van der Waals surface area (Å²) in [7, 11) is 0. The van der Waals surface area contributed by atoms with Crippen LogP contribution in [0.4, 0.5) is 5.69 Å². The van der Waals surface area contributed by atoms with Gasteiger partial charge in [0.25, 0.3) is 11.8 Å². The van der Waals surface area contributed by atoms with Crippen molar-refractivity contribution < 1.29 is 19.3 Å². The third-order valence-corrected chi connectivity index (χ3v) is 2.88. The summed E-state index contributed by atoms with van der Waals surface area (Å²) in [6.45, 7) is 0.486. The predicted octanol–water partition coefficient (Wildman–Crippen LogP) is 0.663. The number of anilines is 1. The minimum absolute atomic E-state index is 0.188. The van der Waals surface area contributed by atoms with Gasteiger partial charge in [0.1, 0.15) is 12.7 Å². The molecule has 1 unspecified atom stereocenters. The molecule has 0 radical (unpaired) electrons. The van der Waals surface area contributed by atoms with Crippen LogP contribution in [0.3, 0.4) is 0 Å². The Kier molecular flexibility index (Phi) is 3.02. The van der Waals surface area contributed by atoms with Gasteiger partial charge in [0.2, 0.25) is 0 Å². The molecule has 2 aliphatic rings. The Morgan fingerprint density at radius 1 is 1.11 bits per heavy atom. The molecule has 1 saturated heterocycles. The molecule has 0 bridgehead atoms. The molecule has 2 aliphatic heterocycles. The van der Waals surface area contributed by atoms with Crippen molar-refractivity contribution in [2.75, 3.05) is 18.4 Å². The number of carbonyl (C=O) groups excluding carboxylic acids is 2. The predicted molar refractivity (Wildman–Crippen MR) is 65.6 cm³/mol. The maximum atomic E-state index is 11.4. The van der Waals surface area contributed by atoms with Crippen molar-refractivity contribution in [2.24, 2.45) is 0 Å². The average Bonchev–Trinajstić information content (AvgIpc) is 3.02. The fourth-order valence-corrected chi connectivity index (χ4v) is 1.93. The van der Waals surface area contributed by atoms with Gasteiger partial charge in [-0.15, -0.1) is 5.23 Å². The SMILES string of the molecule is O=C1C=CC(=O)N1CC1CON(c2ccccc2)O1. The van der Waals surface area contributed by atoms with E-state index in [4.69, 9.17) is 9.68 Å². The van der Waals surface area contributed by atoms with Crippen LogP contribution in [0.5, 0.6) is 0 Å². The van der Waals surface area contributed by atoms with E-state index in [1.165, 1.54) is 17.4 Å². The number of carbonyl (C=O) groups is 2. The summed E-state index contributed by atoms with van der Waals surface area (Å²) in [5, 5.41) is 1.31. The Balaban J connectivity index is 1.61. The van der Waals surface area contributed by atoms with E-state index in [1.54, 1.807) is 0 Å². The lowest BCUT2D eigenvalue weighted by atomic mass is 10.3. The Hall–Kier alpha value is -2.18. The van der Waals surface area contributed by atoms with Crippen LogP contribution in [0, 0.1) is 0 Å². The van der Waals surface area contributed by atoms with Gasteiger partial charge >= 0.3 is 0 Å². The summed E-state index contributed by atoms with van der Waals surface area (Å²) in [6.07, 6.45) is 2.16. The molecule has 3 rings (SSSR count). The Morgan fingerprint density at radius 3 is 2.47 bits per heavy atom. The van der Waals surface area contributed by atoms with Crippen molar-refractivity contribution in [3.05, 3.63) is 42.5 Å². The Bertz CT molecular complexity index is 511. The van der Waals surface area contributed by atoms with Gasteiger partial charge in [0, 0.05) is 12.2 Å². The number of rotatable bonds is 3. The van der Waals surface area contributed by atoms with Crippen LogP contribution in [0.2, 0.25) is 0 Å². The Labute approximate surface area is 109 Å². The number of imide groups is 1. The molecule has 2 heterocycles. The van der Waals surface area contributed by atoms with Crippen molar-refractivity contribution in [1.82, 2.24) is 4.90 Å². The molecule has 6 nitrogen and oxygen atoms in total. The van der Waals surface area contributed by atoms with Crippen LogP contribution in [-0.4, -0.2) is 36.0 Å². The van der Waals surface area contributed by atoms with Crippen LogP contribution in [0.25, 0.3) is 0 Å². The number of amides is 2. The van der Waals surface area contributed by atoms with Crippen LogP contribution in [0.1, 0.15) is 0 Å². The molecule has 1 fully saturated rings. The molecular weight excluding hydrogens is 248 g/mol. The molecule has 2 amide bonds. The summed E-state index contributed by atoms with van der Waals surface area (Å²) in [6, 6.07) is 9.32. The number of nitrogens with zero attached hydrogens (tertiary/aromatic N) is 2. The van der Waals surface area contributed by atoms with E-state index in [0.717, 1.165) is 10.6 Å². The minimum Gasteiger partial charge on any atom is -0.273 e. The highest BCUT2D eigenvalue weighted by atomic mass is 17.0. The highest BCUT2D eigenvalue weighted by Gasteiger charge is 2.32. The third-order valence-electron chi connectivity index (χ3n) is 2.88. The van der Waals surface area contributed by atoms with Gasteiger partial charge in [-0.05, 0) is 12.1 Å². The highest BCUT2D eigenvalue weighted by molar-refractivity contribution is 6.12. The van der Waals surface area contributed by atoms with Gasteiger partial charge in [0.05, 0.1) is 12.2 Å². The smallest absolute Gasteiger partial charge is 0.253 e. The van der Waals surface area contributed by atoms with Gasteiger partial charge in [-0.1, -0.05) is 18.2 Å². The second-order valence-corrected chi connectivity index (χ2v) is 4.24. The molecule has 1 aromatic rings. The average molecular weight is 260 g/mol. The summed E-state index contributed by atoms with van der Waals surface area (Å²) in [4.78, 5) is 34.9. The summed E-state index contributed by atoms with van der Waals surface area (Å²) < 4.78 is 0. The lowest BCUT2D eigenvalue weighted by Crippen LogP contribution is -2.38. The normalized spacial score (nSPS) is 22.6. The second-order valence-electron chi connectivity index (χ2n) is 4.24. The van der Waals surface area contributed by atoms with Crippen LogP contribution in [-0.2, 0) is 19.3 Å². The first-order chi connectivity index (χ1) is 9.24. The number of hydrogen-bond acceptors (Lipinski definition) is 5. The zero-order valence-corrected chi connectivity index (χ0v) is 10.1. The molecule has 98 valence electrons. The van der Waals surface area contributed by atoms with Gasteiger partial charge in [-0.25, -0.2) is 9.68 Å². The van der Waals surface area contributed by atoms with E-state index < -0.39 is 0 Å². The molecule has 0 aromatic heterocycles. The topological polar surface area (TPSA) is 59.1 Å². The van der Waals surface area contributed by atoms with E-state index in [-0.39, 0.29) is 24.5 Å². The molecule has 19 heavy (non-hydrogen) atoms. The molecule has 1 atom stereocenters. The molecule has 0 aliphatic carbocycles. The van der Waals surface area contributed by atoms with E-state index in [1.807, 2.05) is 30.3 Å². The quantitative estimate of drug-likeness (QED) is 0.747. The Morgan fingerprint density at radius 2 is 1.79 bits per heavy atom. The fourth-order valence-electron chi connectivity index (χ4n) is 1.93. The molecule has 6 heteroatoms. The van der Waals surface area contributed by atoms with Crippen molar-refractivity contribution >= 4 is 17.5 Å². The summed E-state index contributed by atoms with van der Waals surface area (Å²) in [5.74, 6) is -0.626. The van der Waals surface area contributed by atoms with E-state index in [0.29, 0.717) is 6.61 Å². The molecule has 0 N–H and O–H groups in total. The van der Waals surface area contributed by atoms with Gasteiger partial charge in [0.15, 0.2) is 0 Å². The van der Waals surface area contributed by atoms with Gasteiger partial charge in [-0.2, -0.15) is 0 Å². The standard InChI is InChI=1S/C13H12N2O4/c16-12-6-7-13(17)14(12)8-11-9-18-15(19-11)10-4-2-1-3-5-10/h1-7,11H,8-9H2. The van der Waals surface area contributed by atoms with E-state index >= 15 is 0 Å². The summed E-state index contributed by atoms with van der Waals surface area (Å²) >= 11 is 0. The van der Waals surface area contributed by atoms with Crippen molar-refractivity contribution in [3.63, 3.8) is 0 Å². The monoisotopic (exact) mass is 260 g/mol. The minimum atomic E-state index is -0.354. The molecule has 0 spiro atoms. The number of benzene rings is 1. The first-order valence-electron chi connectivity index (χ1n) is 5.92. The summed E-state index contributed by atoms with van der Waals surface area (Å²) in [5.41, 5.74) is 0.766. The largest absolute Gasteiger partial charge is 0.273 e. The zero-order valence-electron chi connectivity index (χ0n) is 10.1. The fraction of sp³-hybridized carbons (Fsp3) is 0.231. The van der Waals surface area contributed by atoms with Crippen molar-refractivity contribution in [2.45, 2.75) is 6.10 Å². The van der Waals surface area contributed by atoms with E-state index in [9.17, 15) is 9.59 Å². The van der Waals surface area contributed by atoms with Crippen LogP contribution in [0.15, 0.2) is 42.5 Å². The van der Waals surface area contributed by atoms with Gasteiger partial charge in [-0.3, -0.25) is 14.5 Å². The first kappa shape index (κ1) is 11.9. The maximum Gasteiger partial charge on any atom is 0.253 e. The molecule has 1 aromatic carbocycles. The highest BCUT2D eigenvalue weighted by Crippen LogP contribution is 2.21. The first-order valence-corrected chi connectivity index (χ1v) is 5.92. The van der Waals surface area contributed by atoms with E-state index in [2.05, 4.69) is 0 Å². The molecule has 0 saturated carbocycles. The lowest BCUT2D eigenvalue weighted by molar-refractivity contribution is -0.138. The van der Waals surface area contributed by atoms with Crippen LogP contribution < -0.4 is 5.23 Å². The van der Waals surface area contributed by atoms with Crippen molar-refractivity contribution in [1.29, 1.82) is 0 Å². The maximum absolute atomic E-state index is 11.4. The van der Waals surface area contributed by atoms with Gasteiger partial charge < -0.3 is 0 Å². The second kappa shape index (κ2) is 4.83. The molecular formula is C13H12N2O4. The lowest BCUT2D eigenvalue weighted by Gasteiger charge is -2.18.